The van der Waals surface area contributed by atoms with E-state index >= 15 is 0 Å². The lowest BCUT2D eigenvalue weighted by atomic mass is 10.1. The lowest BCUT2D eigenvalue weighted by Crippen LogP contribution is -1.97. The predicted molar refractivity (Wildman–Crippen MR) is 71.9 cm³/mol. The Morgan fingerprint density at radius 3 is 2.06 bits per heavy atom. The van der Waals surface area contributed by atoms with Gasteiger partial charge in [-0.15, -0.1) is 0 Å². The van der Waals surface area contributed by atoms with Crippen molar-refractivity contribution in [2.24, 2.45) is 0 Å². The Morgan fingerprint density at radius 1 is 0.824 bits per heavy atom. The minimum atomic E-state index is 0.818. The Bertz CT molecular complexity index is 279. The molecule has 1 rings (SSSR count). The van der Waals surface area contributed by atoms with Crippen molar-refractivity contribution < 1.29 is 9.47 Å². The van der Waals surface area contributed by atoms with E-state index in [9.17, 15) is 0 Å². The topological polar surface area (TPSA) is 18.5 Å². The number of benzene rings is 1. The number of unbranched alkanes of at least 4 members (excludes halogenated alkanes) is 5. The number of ether oxygens (including phenoxy) is 2. The molecule has 0 amide bonds. The smallest absolute Gasteiger partial charge is 0.119 e. The molecule has 96 valence electrons. The fraction of sp³-hybridized carbons (Fsp3) is 0.600. The maximum absolute atomic E-state index is 5.66. The van der Waals surface area contributed by atoms with E-state index in [1.165, 1.54) is 32.1 Å². The van der Waals surface area contributed by atoms with Crippen LogP contribution in [0.2, 0.25) is 0 Å². The minimum absolute atomic E-state index is 0.818. The summed E-state index contributed by atoms with van der Waals surface area (Å²) in [6.07, 6.45) is 7.78. The zero-order valence-corrected chi connectivity index (χ0v) is 11.1. The molecule has 0 unspecified atom stereocenters. The SMILES string of the molecule is CCCCCCCCOc1ccc(OC)cc1. The maximum Gasteiger partial charge on any atom is 0.119 e. The lowest BCUT2D eigenvalue weighted by molar-refractivity contribution is 0.303. The van der Waals surface area contributed by atoms with E-state index in [4.69, 9.17) is 9.47 Å². The van der Waals surface area contributed by atoms with Crippen LogP contribution in [0.25, 0.3) is 0 Å². The largest absolute Gasteiger partial charge is 0.497 e. The first-order chi connectivity index (χ1) is 8.36. The zero-order chi connectivity index (χ0) is 12.3. The fourth-order valence-electron chi connectivity index (χ4n) is 1.74. The molecule has 0 radical (unpaired) electrons. The normalized spacial score (nSPS) is 10.2. The average molecular weight is 236 g/mol. The van der Waals surface area contributed by atoms with Crippen LogP contribution < -0.4 is 9.47 Å². The van der Waals surface area contributed by atoms with Gasteiger partial charge in [-0.1, -0.05) is 39.0 Å². The van der Waals surface area contributed by atoms with E-state index < -0.39 is 0 Å². The Kier molecular flexibility index (Phi) is 7.28. The van der Waals surface area contributed by atoms with Crippen molar-refractivity contribution in [3.63, 3.8) is 0 Å². The van der Waals surface area contributed by atoms with Gasteiger partial charge in [-0.05, 0) is 30.7 Å². The van der Waals surface area contributed by atoms with Gasteiger partial charge in [0.15, 0.2) is 0 Å². The second-order valence-electron chi connectivity index (χ2n) is 4.29. The van der Waals surface area contributed by atoms with Crippen LogP contribution in [0.3, 0.4) is 0 Å². The molecule has 0 bridgehead atoms. The number of methoxy groups -OCH3 is 1. The highest BCUT2D eigenvalue weighted by atomic mass is 16.5. The van der Waals surface area contributed by atoms with E-state index in [0.29, 0.717) is 0 Å². The van der Waals surface area contributed by atoms with Crippen LogP contribution in [0.15, 0.2) is 24.3 Å². The fourth-order valence-corrected chi connectivity index (χ4v) is 1.74. The van der Waals surface area contributed by atoms with Gasteiger partial charge >= 0.3 is 0 Å². The van der Waals surface area contributed by atoms with Gasteiger partial charge in [0.05, 0.1) is 13.7 Å². The second-order valence-corrected chi connectivity index (χ2v) is 4.29. The van der Waals surface area contributed by atoms with Gasteiger partial charge in [0.2, 0.25) is 0 Å². The van der Waals surface area contributed by atoms with Crippen molar-refractivity contribution in [2.45, 2.75) is 45.4 Å². The summed E-state index contributed by atoms with van der Waals surface area (Å²) in [4.78, 5) is 0. The van der Waals surface area contributed by atoms with Crippen LogP contribution in [-0.2, 0) is 0 Å². The van der Waals surface area contributed by atoms with Crippen molar-refractivity contribution in [1.82, 2.24) is 0 Å². The summed E-state index contributed by atoms with van der Waals surface area (Å²) in [7, 11) is 1.67. The van der Waals surface area contributed by atoms with E-state index in [1.807, 2.05) is 24.3 Å². The molecule has 0 atom stereocenters. The molecule has 0 aliphatic carbocycles. The molecule has 0 N–H and O–H groups in total. The van der Waals surface area contributed by atoms with E-state index in [2.05, 4.69) is 6.92 Å². The molecule has 2 heteroatoms. The molecule has 0 aliphatic rings. The molecule has 0 fully saturated rings. The quantitative estimate of drug-likeness (QED) is 0.590. The van der Waals surface area contributed by atoms with Gasteiger partial charge in [0, 0.05) is 0 Å². The molecule has 0 heterocycles. The summed E-state index contributed by atoms with van der Waals surface area (Å²) in [6.45, 7) is 3.06. The lowest BCUT2D eigenvalue weighted by Gasteiger charge is -2.06. The third kappa shape index (κ3) is 6.20. The van der Waals surface area contributed by atoms with Crippen LogP contribution >= 0.6 is 0 Å². The van der Waals surface area contributed by atoms with Gasteiger partial charge in [-0.25, -0.2) is 0 Å². The molecule has 0 aliphatic heterocycles. The average Bonchev–Trinajstić information content (AvgIpc) is 2.38. The summed E-state index contributed by atoms with van der Waals surface area (Å²) < 4.78 is 10.8. The first-order valence-corrected chi connectivity index (χ1v) is 6.63. The Morgan fingerprint density at radius 2 is 1.41 bits per heavy atom. The molecule has 0 saturated carbocycles. The van der Waals surface area contributed by atoms with Gasteiger partial charge in [0.1, 0.15) is 11.5 Å². The van der Waals surface area contributed by atoms with Crippen LogP contribution in [0.1, 0.15) is 45.4 Å². The molecule has 0 spiro atoms. The first kappa shape index (κ1) is 13.9. The summed E-state index contributed by atoms with van der Waals surface area (Å²) >= 11 is 0. The van der Waals surface area contributed by atoms with Crippen molar-refractivity contribution in [3.05, 3.63) is 24.3 Å². The van der Waals surface area contributed by atoms with Crippen LogP contribution in [0.5, 0.6) is 11.5 Å². The Hall–Kier alpha value is -1.18. The third-order valence-corrected chi connectivity index (χ3v) is 2.83. The highest BCUT2D eigenvalue weighted by Crippen LogP contribution is 2.17. The monoisotopic (exact) mass is 236 g/mol. The Balaban J connectivity index is 2.05. The molecule has 17 heavy (non-hydrogen) atoms. The minimum Gasteiger partial charge on any atom is -0.497 e. The summed E-state index contributed by atoms with van der Waals surface area (Å²) in [6, 6.07) is 7.76. The maximum atomic E-state index is 5.66. The van der Waals surface area contributed by atoms with Gasteiger partial charge in [0.25, 0.3) is 0 Å². The zero-order valence-electron chi connectivity index (χ0n) is 11.1. The number of hydrogen-bond acceptors (Lipinski definition) is 2. The molecule has 0 saturated heterocycles. The van der Waals surface area contributed by atoms with Crippen LogP contribution in [-0.4, -0.2) is 13.7 Å². The second kappa shape index (κ2) is 8.91. The first-order valence-electron chi connectivity index (χ1n) is 6.63. The van der Waals surface area contributed by atoms with Gasteiger partial charge in [-0.3, -0.25) is 0 Å². The molecule has 2 nitrogen and oxygen atoms in total. The van der Waals surface area contributed by atoms with Gasteiger partial charge in [-0.2, -0.15) is 0 Å². The highest BCUT2D eigenvalue weighted by molar-refractivity contribution is 5.30. The Labute approximate surface area is 105 Å². The van der Waals surface area contributed by atoms with Crippen LogP contribution in [0, 0.1) is 0 Å². The van der Waals surface area contributed by atoms with Crippen molar-refractivity contribution >= 4 is 0 Å². The number of rotatable bonds is 9. The van der Waals surface area contributed by atoms with E-state index in [1.54, 1.807) is 7.11 Å². The summed E-state index contributed by atoms with van der Waals surface area (Å²) in [5.74, 6) is 1.80. The van der Waals surface area contributed by atoms with Gasteiger partial charge < -0.3 is 9.47 Å². The van der Waals surface area contributed by atoms with Crippen molar-refractivity contribution in [2.75, 3.05) is 13.7 Å². The molecule has 1 aromatic rings. The number of hydrogen-bond donors (Lipinski definition) is 0. The van der Waals surface area contributed by atoms with Crippen molar-refractivity contribution in [1.29, 1.82) is 0 Å². The van der Waals surface area contributed by atoms with Crippen LogP contribution in [0.4, 0.5) is 0 Å². The van der Waals surface area contributed by atoms with Crippen molar-refractivity contribution in [3.8, 4) is 11.5 Å². The van der Waals surface area contributed by atoms with E-state index in [0.717, 1.165) is 24.5 Å². The standard InChI is InChI=1S/C15H24O2/c1-3-4-5-6-7-8-13-17-15-11-9-14(16-2)10-12-15/h9-12H,3-8,13H2,1-2H3. The van der Waals surface area contributed by atoms with E-state index in [-0.39, 0.29) is 0 Å². The molecule has 0 aromatic heterocycles. The summed E-state index contributed by atoms with van der Waals surface area (Å²) in [5.41, 5.74) is 0. The summed E-state index contributed by atoms with van der Waals surface area (Å²) in [5, 5.41) is 0. The molecule has 1 aromatic carbocycles. The highest BCUT2D eigenvalue weighted by Gasteiger charge is 1.95. The molecular weight excluding hydrogens is 212 g/mol. The predicted octanol–water partition coefficient (Wildman–Crippen LogP) is 4.43. The molecular formula is C15H24O2. The third-order valence-electron chi connectivity index (χ3n) is 2.83.